The van der Waals surface area contributed by atoms with Crippen LogP contribution in [-0.4, -0.2) is 28.8 Å². The van der Waals surface area contributed by atoms with Crippen LogP contribution in [-0.2, 0) is 13.1 Å². The van der Waals surface area contributed by atoms with E-state index in [9.17, 15) is 0 Å². The first-order chi connectivity index (χ1) is 11.1. The maximum Gasteiger partial charge on any atom is 0.191 e. The highest BCUT2D eigenvalue weighted by atomic mass is 16.3. The molecule has 2 aromatic heterocycles. The van der Waals surface area contributed by atoms with Crippen LogP contribution in [0.4, 0.5) is 0 Å². The molecule has 0 aromatic carbocycles. The van der Waals surface area contributed by atoms with E-state index in [4.69, 9.17) is 4.42 Å². The van der Waals surface area contributed by atoms with Crippen LogP contribution in [0, 0.1) is 19.8 Å². The van der Waals surface area contributed by atoms with Crippen LogP contribution < -0.4 is 10.6 Å². The molecule has 1 unspecified atom stereocenters. The van der Waals surface area contributed by atoms with Crippen LogP contribution in [0.1, 0.15) is 31.0 Å². The maximum atomic E-state index is 5.31. The fourth-order valence-electron chi connectivity index (χ4n) is 2.39. The number of hydrogen-bond donors (Lipinski definition) is 2. The molecule has 126 valence electrons. The van der Waals surface area contributed by atoms with Crippen LogP contribution in [0.2, 0.25) is 0 Å². The first-order valence-corrected chi connectivity index (χ1v) is 8.14. The van der Waals surface area contributed by atoms with Crippen molar-refractivity contribution in [2.45, 2.75) is 40.8 Å². The van der Waals surface area contributed by atoms with Crippen LogP contribution in [0.25, 0.3) is 0 Å². The lowest BCUT2D eigenvalue weighted by Crippen LogP contribution is -2.40. The molecule has 6 nitrogen and oxygen atoms in total. The van der Waals surface area contributed by atoms with E-state index in [0.717, 1.165) is 37.0 Å². The minimum atomic E-state index is 0.445. The molecule has 0 saturated carbocycles. The summed E-state index contributed by atoms with van der Waals surface area (Å²) in [5.41, 5.74) is 2.27. The number of furan rings is 1. The van der Waals surface area contributed by atoms with Gasteiger partial charge in [-0.15, -0.1) is 0 Å². The van der Waals surface area contributed by atoms with Crippen LogP contribution >= 0.6 is 0 Å². The molecular weight excluding hydrogens is 290 g/mol. The summed E-state index contributed by atoms with van der Waals surface area (Å²) in [5, 5.41) is 11.2. The molecule has 0 aliphatic rings. The van der Waals surface area contributed by atoms with Gasteiger partial charge in [-0.3, -0.25) is 4.68 Å². The van der Waals surface area contributed by atoms with Gasteiger partial charge >= 0.3 is 0 Å². The van der Waals surface area contributed by atoms with Gasteiger partial charge in [0.25, 0.3) is 0 Å². The average Bonchev–Trinajstić information content (AvgIpc) is 3.12. The Morgan fingerprint density at radius 3 is 2.83 bits per heavy atom. The van der Waals surface area contributed by atoms with Crippen molar-refractivity contribution < 1.29 is 4.42 Å². The topological polar surface area (TPSA) is 67.4 Å². The molecule has 0 radical (unpaired) electrons. The summed E-state index contributed by atoms with van der Waals surface area (Å²) in [7, 11) is 0. The van der Waals surface area contributed by atoms with Crippen molar-refractivity contribution in [3.8, 4) is 0 Å². The van der Waals surface area contributed by atoms with E-state index < -0.39 is 0 Å². The molecule has 0 saturated heterocycles. The van der Waals surface area contributed by atoms with E-state index >= 15 is 0 Å². The molecule has 0 bridgehead atoms. The highest BCUT2D eigenvalue weighted by Gasteiger charge is 2.08. The Kier molecular flexibility index (Phi) is 6.26. The van der Waals surface area contributed by atoms with Crippen LogP contribution in [0.3, 0.4) is 0 Å². The molecule has 2 N–H and O–H groups in total. The molecule has 0 fully saturated rings. The van der Waals surface area contributed by atoms with E-state index in [1.54, 1.807) is 6.26 Å². The lowest BCUT2D eigenvalue weighted by molar-refractivity contribution is 0.435. The van der Waals surface area contributed by atoms with Gasteiger partial charge in [-0.05, 0) is 44.9 Å². The van der Waals surface area contributed by atoms with E-state index in [1.165, 1.54) is 5.69 Å². The lowest BCUT2D eigenvalue weighted by atomic mass is 10.2. The van der Waals surface area contributed by atoms with Gasteiger partial charge in [-0.1, -0.05) is 6.92 Å². The summed E-state index contributed by atoms with van der Waals surface area (Å²) in [5.74, 6) is 2.11. The summed E-state index contributed by atoms with van der Waals surface area (Å²) in [6.45, 7) is 11.5. The molecule has 0 aliphatic carbocycles. The van der Waals surface area contributed by atoms with Crippen molar-refractivity contribution in [3.05, 3.63) is 41.6 Å². The Bertz CT molecular complexity index is 615. The van der Waals surface area contributed by atoms with Crippen molar-refractivity contribution in [2.75, 3.05) is 13.1 Å². The Labute approximate surface area is 138 Å². The molecule has 2 heterocycles. The Morgan fingerprint density at radius 2 is 2.22 bits per heavy atom. The quantitative estimate of drug-likeness (QED) is 0.608. The second-order valence-corrected chi connectivity index (χ2v) is 5.87. The second-order valence-electron chi connectivity index (χ2n) is 5.87. The Hall–Kier alpha value is -2.24. The van der Waals surface area contributed by atoms with Crippen molar-refractivity contribution in [1.29, 1.82) is 0 Å². The lowest BCUT2D eigenvalue weighted by Gasteiger charge is -2.16. The largest absolute Gasteiger partial charge is 0.467 e. The van der Waals surface area contributed by atoms with Crippen LogP contribution in [0.15, 0.2) is 33.9 Å². The molecule has 2 aromatic rings. The first-order valence-electron chi connectivity index (χ1n) is 8.14. The van der Waals surface area contributed by atoms with Gasteiger partial charge in [0.1, 0.15) is 12.3 Å². The number of nitrogens with zero attached hydrogens (tertiary/aromatic N) is 3. The second kappa shape index (κ2) is 8.41. The predicted molar refractivity (Wildman–Crippen MR) is 92.4 cm³/mol. The smallest absolute Gasteiger partial charge is 0.191 e. The fourth-order valence-corrected chi connectivity index (χ4v) is 2.39. The van der Waals surface area contributed by atoms with Gasteiger partial charge in [0.15, 0.2) is 5.96 Å². The van der Waals surface area contributed by atoms with Gasteiger partial charge in [0, 0.05) is 25.3 Å². The Balaban J connectivity index is 1.85. The molecule has 1 atom stereocenters. The summed E-state index contributed by atoms with van der Waals surface area (Å²) >= 11 is 0. The zero-order chi connectivity index (χ0) is 16.7. The van der Waals surface area contributed by atoms with Gasteiger partial charge in [-0.2, -0.15) is 5.10 Å². The number of aryl methyl sites for hydroxylation is 2. The van der Waals surface area contributed by atoms with Gasteiger partial charge in [0.05, 0.1) is 12.0 Å². The minimum absolute atomic E-state index is 0.445. The summed E-state index contributed by atoms with van der Waals surface area (Å²) in [6, 6.07) is 5.91. The summed E-state index contributed by atoms with van der Waals surface area (Å²) in [6.07, 6.45) is 1.67. The van der Waals surface area contributed by atoms with Crippen molar-refractivity contribution >= 4 is 5.96 Å². The summed E-state index contributed by atoms with van der Waals surface area (Å²) in [4.78, 5) is 4.53. The number of aromatic nitrogens is 2. The van der Waals surface area contributed by atoms with Crippen molar-refractivity contribution in [2.24, 2.45) is 10.9 Å². The van der Waals surface area contributed by atoms with Gasteiger partial charge in [0.2, 0.25) is 0 Å². The average molecular weight is 317 g/mol. The van der Waals surface area contributed by atoms with Gasteiger partial charge < -0.3 is 15.1 Å². The highest BCUT2D eigenvalue weighted by Crippen LogP contribution is 2.06. The molecule has 0 spiro atoms. The number of guanidine groups is 1. The predicted octanol–water partition coefficient (Wildman–Crippen LogP) is 2.48. The third kappa shape index (κ3) is 5.47. The SMILES string of the molecule is CCNC(=NCc1ccco1)NCC(C)Cn1nc(C)cc1C. The highest BCUT2D eigenvalue weighted by molar-refractivity contribution is 5.79. The zero-order valence-corrected chi connectivity index (χ0v) is 14.5. The normalized spacial score (nSPS) is 13.1. The molecule has 0 aliphatic heterocycles. The Morgan fingerprint density at radius 1 is 1.39 bits per heavy atom. The maximum absolute atomic E-state index is 5.31. The monoisotopic (exact) mass is 317 g/mol. The zero-order valence-electron chi connectivity index (χ0n) is 14.5. The molecule has 6 heteroatoms. The van der Waals surface area contributed by atoms with E-state index in [1.807, 2.05) is 19.1 Å². The van der Waals surface area contributed by atoms with E-state index in [2.05, 4.69) is 52.2 Å². The fraction of sp³-hybridized carbons (Fsp3) is 0.529. The number of nitrogens with one attached hydrogen (secondary N) is 2. The first kappa shape index (κ1) is 17.1. The van der Waals surface area contributed by atoms with Gasteiger partial charge in [-0.25, -0.2) is 4.99 Å². The minimum Gasteiger partial charge on any atom is -0.467 e. The van der Waals surface area contributed by atoms with Crippen molar-refractivity contribution in [1.82, 2.24) is 20.4 Å². The van der Waals surface area contributed by atoms with Crippen molar-refractivity contribution in [3.63, 3.8) is 0 Å². The van der Waals surface area contributed by atoms with Crippen LogP contribution in [0.5, 0.6) is 0 Å². The molecule has 2 rings (SSSR count). The number of rotatable bonds is 7. The van der Waals surface area contributed by atoms with E-state index in [-0.39, 0.29) is 0 Å². The number of aliphatic imine (C=N–C) groups is 1. The third-order valence-electron chi connectivity index (χ3n) is 3.52. The third-order valence-corrected chi connectivity index (χ3v) is 3.52. The van der Waals surface area contributed by atoms with E-state index in [0.29, 0.717) is 12.5 Å². The summed E-state index contributed by atoms with van der Waals surface area (Å²) < 4.78 is 7.37. The number of hydrogen-bond acceptors (Lipinski definition) is 3. The molecule has 0 amide bonds. The molecule has 23 heavy (non-hydrogen) atoms. The standard InChI is InChI=1S/C17H27N5O/c1-5-18-17(20-11-16-7-6-8-23-16)19-10-13(2)12-22-15(4)9-14(3)21-22/h6-9,13H,5,10-12H2,1-4H3,(H2,18,19,20). The molecular formula is C17H27N5O.